The van der Waals surface area contributed by atoms with Gasteiger partial charge in [0.1, 0.15) is 5.01 Å². The van der Waals surface area contributed by atoms with Crippen molar-refractivity contribution in [1.82, 2.24) is 9.97 Å². The lowest BCUT2D eigenvalue weighted by Gasteiger charge is -2.07. The van der Waals surface area contributed by atoms with Crippen LogP contribution in [0.2, 0.25) is 0 Å². The van der Waals surface area contributed by atoms with Crippen LogP contribution in [0.15, 0.2) is 60.7 Å². The summed E-state index contributed by atoms with van der Waals surface area (Å²) in [7, 11) is 0. The Morgan fingerprint density at radius 1 is 0.786 bits per heavy atom. The molecule has 6 rings (SSSR count). The molecule has 0 saturated heterocycles. The van der Waals surface area contributed by atoms with Gasteiger partial charge in [-0.2, -0.15) is 0 Å². The van der Waals surface area contributed by atoms with Crippen molar-refractivity contribution in [1.29, 1.82) is 0 Å². The molecule has 0 fully saturated rings. The lowest BCUT2D eigenvalue weighted by atomic mass is 10.2. The van der Waals surface area contributed by atoms with E-state index in [2.05, 4.69) is 23.5 Å². The zero-order chi connectivity index (χ0) is 18.5. The summed E-state index contributed by atoms with van der Waals surface area (Å²) in [5, 5.41) is 5.29. The molecule has 1 aliphatic rings. The summed E-state index contributed by atoms with van der Waals surface area (Å²) in [4.78, 5) is 9.52. The van der Waals surface area contributed by atoms with E-state index in [1.807, 2.05) is 42.5 Å². The number of aromatic nitrogens is 2. The second-order valence-corrected chi connectivity index (χ2v) is 8.41. The van der Waals surface area contributed by atoms with E-state index in [0.29, 0.717) is 0 Å². The van der Waals surface area contributed by atoms with Gasteiger partial charge >= 0.3 is 0 Å². The molecule has 1 aliphatic heterocycles. The lowest BCUT2D eigenvalue weighted by molar-refractivity contribution is 0.174. The molecule has 3 aromatic carbocycles. The highest BCUT2D eigenvalue weighted by Gasteiger charge is 2.17. The van der Waals surface area contributed by atoms with E-state index in [4.69, 9.17) is 19.4 Å². The van der Waals surface area contributed by atoms with Gasteiger partial charge < -0.3 is 14.8 Å². The van der Waals surface area contributed by atoms with Crippen molar-refractivity contribution in [3.05, 3.63) is 60.7 Å². The number of para-hydroxylation sites is 2. The molecule has 5 nitrogen and oxygen atoms in total. The average molecular weight is 403 g/mol. The number of nitrogens with zero attached hydrogens (tertiary/aromatic N) is 2. The highest BCUT2D eigenvalue weighted by Crippen LogP contribution is 2.41. The largest absolute Gasteiger partial charge is 0.454 e. The number of hydrogen-bond acceptors (Lipinski definition) is 7. The molecule has 28 heavy (non-hydrogen) atoms. The van der Waals surface area contributed by atoms with Crippen LogP contribution in [0.4, 0.5) is 10.8 Å². The van der Waals surface area contributed by atoms with Crippen LogP contribution < -0.4 is 14.8 Å². The Bertz CT molecular complexity index is 1270. The first-order valence-corrected chi connectivity index (χ1v) is 10.4. The third-order valence-corrected chi connectivity index (χ3v) is 6.58. The fourth-order valence-electron chi connectivity index (χ4n) is 3.25. The topological polar surface area (TPSA) is 56.3 Å². The molecular weight excluding hydrogens is 390 g/mol. The summed E-state index contributed by atoms with van der Waals surface area (Å²) < 4.78 is 13.2. The molecule has 0 radical (unpaired) electrons. The van der Waals surface area contributed by atoms with Gasteiger partial charge in [0.25, 0.3) is 0 Å². The number of thiazole rings is 2. The lowest BCUT2D eigenvalue weighted by Crippen LogP contribution is -1.93. The van der Waals surface area contributed by atoms with E-state index in [-0.39, 0.29) is 6.79 Å². The third kappa shape index (κ3) is 2.59. The molecule has 1 N–H and O–H groups in total. The molecule has 0 amide bonds. The highest BCUT2D eigenvalue weighted by molar-refractivity contribution is 7.22. The van der Waals surface area contributed by atoms with Crippen LogP contribution in [-0.2, 0) is 0 Å². The normalized spacial score (nSPS) is 12.7. The second-order valence-electron chi connectivity index (χ2n) is 6.35. The Labute approximate surface area is 168 Å². The van der Waals surface area contributed by atoms with Crippen molar-refractivity contribution < 1.29 is 9.47 Å². The number of anilines is 2. The van der Waals surface area contributed by atoms with Crippen LogP contribution in [-0.4, -0.2) is 16.8 Å². The van der Waals surface area contributed by atoms with Crippen molar-refractivity contribution >= 4 is 53.9 Å². The van der Waals surface area contributed by atoms with Gasteiger partial charge in [0.15, 0.2) is 16.6 Å². The molecular formula is C21H13N3O2S2. The zero-order valence-corrected chi connectivity index (χ0v) is 16.1. The van der Waals surface area contributed by atoms with Gasteiger partial charge in [0.05, 0.1) is 26.1 Å². The van der Waals surface area contributed by atoms with Crippen molar-refractivity contribution in [2.75, 3.05) is 12.1 Å². The van der Waals surface area contributed by atoms with Gasteiger partial charge in [-0.1, -0.05) is 35.6 Å². The van der Waals surface area contributed by atoms with E-state index in [1.54, 1.807) is 22.7 Å². The summed E-state index contributed by atoms with van der Waals surface area (Å²) in [6, 6.07) is 20.3. The summed E-state index contributed by atoms with van der Waals surface area (Å²) in [5.74, 6) is 1.52. The van der Waals surface area contributed by atoms with Crippen molar-refractivity contribution in [3.8, 4) is 22.1 Å². The maximum Gasteiger partial charge on any atom is 0.231 e. The number of fused-ring (bicyclic) bond motifs is 3. The molecule has 5 aromatic rings. The van der Waals surface area contributed by atoms with Gasteiger partial charge in [-0.15, -0.1) is 11.3 Å². The zero-order valence-electron chi connectivity index (χ0n) is 14.5. The number of benzene rings is 3. The van der Waals surface area contributed by atoms with Crippen molar-refractivity contribution in [3.63, 3.8) is 0 Å². The first-order valence-electron chi connectivity index (χ1n) is 8.76. The Hall–Kier alpha value is -3.16. The van der Waals surface area contributed by atoms with E-state index >= 15 is 0 Å². The van der Waals surface area contributed by atoms with Gasteiger partial charge in [-0.05, 0) is 24.3 Å². The minimum absolute atomic E-state index is 0.271. The van der Waals surface area contributed by atoms with Gasteiger partial charge in [0.2, 0.25) is 6.79 Å². The molecule has 7 heteroatoms. The molecule has 0 atom stereocenters. The van der Waals surface area contributed by atoms with Crippen LogP contribution in [0.3, 0.4) is 0 Å². The maximum absolute atomic E-state index is 5.47. The number of nitrogens with one attached hydrogen (secondary N) is 1. The van der Waals surface area contributed by atoms with Crippen LogP contribution >= 0.6 is 22.7 Å². The maximum atomic E-state index is 5.47. The van der Waals surface area contributed by atoms with E-state index in [0.717, 1.165) is 48.6 Å². The molecule has 0 unspecified atom stereocenters. The quantitative estimate of drug-likeness (QED) is 0.398. The molecule has 0 bridgehead atoms. The smallest absolute Gasteiger partial charge is 0.231 e. The number of hydrogen-bond donors (Lipinski definition) is 1. The van der Waals surface area contributed by atoms with E-state index in [1.165, 1.54) is 4.70 Å². The third-order valence-electron chi connectivity index (χ3n) is 4.58. The fraction of sp³-hybridized carbons (Fsp3) is 0.0476. The standard InChI is InChI=1S/C21H13N3O2S2/c1-2-6-13(12(5-1)20-22-14-7-3-4-8-18(14)27-20)23-21-24-15-9-16-17(26-11-25-16)10-19(15)28-21/h1-10H,11H2,(H,23,24). The highest BCUT2D eigenvalue weighted by atomic mass is 32.1. The summed E-state index contributed by atoms with van der Waals surface area (Å²) in [5.41, 5.74) is 3.97. The number of ether oxygens (including phenoxy) is 2. The molecule has 0 saturated carbocycles. The van der Waals surface area contributed by atoms with Gasteiger partial charge in [-0.25, -0.2) is 9.97 Å². The Morgan fingerprint density at radius 3 is 2.54 bits per heavy atom. The Kier molecular flexibility index (Phi) is 3.50. The predicted octanol–water partition coefficient (Wildman–Crippen LogP) is 6.05. The van der Waals surface area contributed by atoms with Crippen molar-refractivity contribution in [2.45, 2.75) is 0 Å². The molecule has 2 aromatic heterocycles. The average Bonchev–Trinajstić information content (AvgIpc) is 3.43. The Morgan fingerprint density at radius 2 is 1.61 bits per heavy atom. The van der Waals surface area contributed by atoms with Crippen LogP contribution in [0.25, 0.3) is 31.0 Å². The minimum atomic E-state index is 0.271. The number of rotatable bonds is 3. The molecule has 0 aliphatic carbocycles. The van der Waals surface area contributed by atoms with Crippen LogP contribution in [0.5, 0.6) is 11.5 Å². The summed E-state index contributed by atoms with van der Waals surface area (Å²) >= 11 is 3.29. The molecule has 136 valence electrons. The fourth-order valence-corrected chi connectivity index (χ4v) is 5.15. The van der Waals surface area contributed by atoms with Crippen LogP contribution in [0.1, 0.15) is 0 Å². The van der Waals surface area contributed by atoms with E-state index < -0.39 is 0 Å². The van der Waals surface area contributed by atoms with Gasteiger partial charge in [-0.3, -0.25) is 0 Å². The minimum Gasteiger partial charge on any atom is -0.454 e. The summed E-state index contributed by atoms with van der Waals surface area (Å²) in [6.07, 6.45) is 0. The van der Waals surface area contributed by atoms with E-state index in [9.17, 15) is 0 Å². The molecule has 0 spiro atoms. The monoisotopic (exact) mass is 403 g/mol. The summed E-state index contributed by atoms with van der Waals surface area (Å²) in [6.45, 7) is 0.271. The molecule has 3 heterocycles. The second kappa shape index (κ2) is 6.19. The van der Waals surface area contributed by atoms with Crippen molar-refractivity contribution in [2.24, 2.45) is 0 Å². The van der Waals surface area contributed by atoms with Gasteiger partial charge in [0, 0.05) is 17.7 Å². The SMILES string of the molecule is c1ccc(-c2nc3ccccc3s2)c(Nc2nc3cc4c(cc3s2)OCO4)c1. The Balaban J connectivity index is 1.40. The first-order chi connectivity index (χ1) is 13.8. The van der Waals surface area contributed by atoms with Crippen LogP contribution in [0, 0.1) is 0 Å². The first kappa shape index (κ1) is 15.9. The predicted molar refractivity (Wildman–Crippen MR) is 114 cm³/mol.